The van der Waals surface area contributed by atoms with Crippen molar-refractivity contribution in [3.8, 4) is 5.75 Å². The molecule has 1 aromatic rings. The molecule has 0 aliphatic heterocycles. The summed E-state index contributed by atoms with van der Waals surface area (Å²) in [4.78, 5) is 12.5. The Hall–Kier alpha value is -1.55. The minimum Gasteiger partial charge on any atom is -0.492 e. The zero-order valence-electron chi connectivity index (χ0n) is 12.3. The molecule has 2 rings (SSSR count). The summed E-state index contributed by atoms with van der Waals surface area (Å²) in [6, 6.07) is 7.47. The van der Waals surface area contributed by atoms with Crippen molar-refractivity contribution in [1.82, 2.24) is 0 Å². The van der Waals surface area contributed by atoms with E-state index in [2.05, 4.69) is 12.2 Å². The van der Waals surface area contributed by atoms with E-state index in [1.165, 1.54) is 0 Å². The summed E-state index contributed by atoms with van der Waals surface area (Å²) in [7, 11) is 0. The number of benzene rings is 1. The van der Waals surface area contributed by atoms with Crippen molar-refractivity contribution in [3.05, 3.63) is 24.3 Å². The van der Waals surface area contributed by atoms with E-state index in [1.807, 2.05) is 31.2 Å². The number of nitrogens with two attached hydrogens (primary N) is 1. The molecule has 0 radical (unpaired) electrons. The van der Waals surface area contributed by atoms with Crippen LogP contribution < -0.4 is 15.8 Å². The van der Waals surface area contributed by atoms with Crippen molar-refractivity contribution in [2.75, 3.05) is 11.9 Å². The Bertz CT molecular complexity index is 475. The first kappa shape index (κ1) is 14.9. The van der Waals surface area contributed by atoms with Gasteiger partial charge in [-0.15, -0.1) is 0 Å². The Labute approximate surface area is 120 Å². The normalized spacial score (nSPS) is 26.1. The molecule has 0 aromatic heterocycles. The minimum absolute atomic E-state index is 0.101. The predicted molar refractivity (Wildman–Crippen MR) is 80.8 cm³/mol. The second-order valence-corrected chi connectivity index (χ2v) is 5.74. The lowest BCUT2D eigenvalue weighted by atomic mass is 9.76. The van der Waals surface area contributed by atoms with Crippen LogP contribution in [0.25, 0.3) is 0 Å². The molecule has 1 aliphatic rings. The number of ether oxygens (including phenoxy) is 1. The van der Waals surface area contributed by atoms with Crippen molar-refractivity contribution in [3.63, 3.8) is 0 Å². The third-order valence-corrected chi connectivity index (χ3v) is 3.92. The van der Waals surface area contributed by atoms with Crippen LogP contribution in [0, 0.1) is 5.92 Å². The summed E-state index contributed by atoms with van der Waals surface area (Å²) in [6.07, 6.45) is 3.66. The van der Waals surface area contributed by atoms with Gasteiger partial charge in [0.2, 0.25) is 5.91 Å². The molecule has 110 valence electrons. The maximum atomic E-state index is 12.5. The van der Waals surface area contributed by atoms with Gasteiger partial charge in [-0.1, -0.05) is 31.9 Å². The molecule has 0 saturated heterocycles. The number of anilines is 1. The molecule has 0 heterocycles. The summed E-state index contributed by atoms with van der Waals surface area (Å²) in [5, 5.41) is 2.94. The van der Waals surface area contributed by atoms with Gasteiger partial charge in [-0.3, -0.25) is 4.79 Å². The Balaban J connectivity index is 2.11. The van der Waals surface area contributed by atoms with E-state index in [0.29, 0.717) is 24.0 Å². The fourth-order valence-electron chi connectivity index (χ4n) is 2.90. The molecule has 1 fully saturated rings. The van der Waals surface area contributed by atoms with Crippen molar-refractivity contribution in [2.24, 2.45) is 11.7 Å². The number of amides is 1. The van der Waals surface area contributed by atoms with E-state index in [4.69, 9.17) is 10.5 Å². The Kier molecular flexibility index (Phi) is 4.65. The van der Waals surface area contributed by atoms with Crippen LogP contribution in [0.15, 0.2) is 24.3 Å². The van der Waals surface area contributed by atoms with Crippen LogP contribution in [-0.4, -0.2) is 18.1 Å². The first-order valence-electron chi connectivity index (χ1n) is 7.37. The summed E-state index contributed by atoms with van der Waals surface area (Å²) >= 11 is 0. The van der Waals surface area contributed by atoms with E-state index in [1.54, 1.807) is 0 Å². The highest BCUT2D eigenvalue weighted by Gasteiger charge is 2.38. The average molecular weight is 276 g/mol. The number of carbonyl (C=O) groups excluding carboxylic acids is 1. The lowest BCUT2D eigenvalue weighted by Crippen LogP contribution is -2.53. The van der Waals surface area contributed by atoms with Gasteiger partial charge in [0.15, 0.2) is 0 Å². The highest BCUT2D eigenvalue weighted by atomic mass is 16.5. The van der Waals surface area contributed by atoms with E-state index < -0.39 is 5.54 Å². The zero-order valence-corrected chi connectivity index (χ0v) is 12.3. The van der Waals surface area contributed by atoms with Gasteiger partial charge in [-0.25, -0.2) is 0 Å². The molecule has 20 heavy (non-hydrogen) atoms. The average Bonchev–Trinajstić information content (AvgIpc) is 2.41. The molecule has 1 saturated carbocycles. The van der Waals surface area contributed by atoms with E-state index in [-0.39, 0.29) is 5.91 Å². The molecule has 4 heteroatoms. The van der Waals surface area contributed by atoms with E-state index >= 15 is 0 Å². The van der Waals surface area contributed by atoms with Gasteiger partial charge >= 0.3 is 0 Å². The van der Waals surface area contributed by atoms with Crippen LogP contribution in [-0.2, 0) is 4.79 Å². The maximum Gasteiger partial charge on any atom is 0.244 e. The summed E-state index contributed by atoms with van der Waals surface area (Å²) in [5.41, 5.74) is 6.26. The fraction of sp³-hybridized carbons (Fsp3) is 0.562. The molecule has 1 amide bonds. The van der Waals surface area contributed by atoms with Crippen LogP contribution in [0.4, 0.5) is 5.69 Å². The standard InChI is InChI=1S/C16H24N2O2/c1-3-20-14-9-5-4-8-13(14)18-15(19)16(17)10-6-7-12(2)11-16/h4-5,8-9,12H,3,6-7,10-11,17H2,1-2H3,(H,18,19). The smallest absolute Gasteiger partial charge is 0.244 e. The molecule has 4 nitrogen and oxygen atoms in total. The van der Waals surface area contributed by atoms with Gasteiger partial charge in [-0.05, 0) is 37.8 Å². The van der Waals surface area contributed by atoms with Crippen LogP contribution >= 0.6 is 0 Å². The monoisotopic (exact) mass is 276 g/mol. The summed E-state index contributed by atoms with van der Waals surface area (Å²) < 4.78 is 5.52. The van der Waals surface area contributed by atoms with Gasteiger partial charge in [0, 0.05) is 0 Å². The van der Waals surface area contributed by atoms with Crippen LogP contribution in [0.1, 0.15) is 39.5 Å². The molecular formula is C16H24N2O2. The molecule has 0 bridgehead atoms. The van der Waals surface area contributed by atoms with Crippen molar-refractivity contribution in [1.29, 1.82) is 0 Å². The largest absolute Gasteiger partial charge is 0.492 e. The Morgan fingerprint density at radius 1 is 1.50 bits per heavy atom. The summed E-state index contributed by atoms with van der Waals surface area (Å²) in [5.74, 6) is 1.09. The third kappa shape index (κ3) is 3.31. The lowest BCUT2D eigenvalue weighted by molar-refractivity contribution is -0.122. The number of rotatable bonds is 4. The van der Waals surface area contributed by atoms with Crippen molar-refractivity contribution >= 4 is 11.6 Å². The van der Waals surface area contributed by atoms with Crippen LogP contribution in [0.3, 0.4) is 0 Å². The van der Waals surface area contributed by atoms with Gasteiger partial charge in [-0.2, -0.15) is 0 Å². The third-order valence-electron chi connectivity index (χ3n) is 3.92. The fourth-order valence-corrected chi connectivity index (χ4v) is 2.90. The van der Waals surface area contributed by atoms with Crippen molar-refractivity contribution < 1.29 is 9.53 Å². The predicted octanol–water partition coefficient (Wildman–Crippen LogP) is 2.93. The summed E-state index contributed by atoms with van der Waals surface area (Å²) in [6.45, 7) is 4.64. The Morgan fingerprint density at radius 3 is 2.95 bits per heavy atom. The number of nitrogens with one attached hydrogen (secondary N) is 1. The van der Waals surface area contributed by atoms with Crippen LogP contribution in [0.5, 0.6) is 5.75 Å². The van der Waals surface area contributed by atoms with Gasteiger partial charge in [0.1, 0.15) is 5.75 Å². The molecule has 2 unspecified atom stereocenters. The number of hydrogen-bond donors (Lipinski definition) is 2. The maximum absolute atomic E-state index is 12.5. The lowest BCUT2D eigenvalue weighted by Gasteiger charge is -2.35. The quantitative estimate of drug-likeness (QED) is 0.888. The first-order chi connectivity index (χ1) is 9.55. The highest BCUT2D eigenvalue weighted by molar-refractivity contribution is 5.99. The van der Waals surface area contributed by atoms with Gasteiger partial charge in [0.05, 0.1) is 17.8 Å². The number of hydrogen-bond acceptors (Lipinski definition) is 3. The molecule has 2 atom stereocenters. The number of para-hydroxylation sites is 2. The minimum atomic E-state index is -0.753. The first-order valence-corrected chi connectivity index (χ1v) is 7.37. The molecular weight excluding hydrogens is 252 g/mol. The molecule has 3 N–H and O–H groups in total. The van der Waals surface area contributed by atoms with E-state index in [9.17, 15) is 4.79 Å². The van der Waals surface area contributed by atoms with Crippen LogP contribution in [0.2, 0.25) is 0 Å². The Morgan fingerprint density at radius 2 is 2.25 bits per heavy atom. The molecule has 0 spiro atoms. The topological polar surface area (TPSA) is 64.3 Å². The van der Waals surface area contributed by atoms with Gasteiger partial charge < -0.3 is 15.8 Å². The SMILES string of the molecule is CCOc1ccccc1NC(=O)C1(N)CCCC(C)C1. The van der Waals surface area contributed by atoms with Gasteiger partial charge in [0.25, 0.3) is 0 Å². The molecule has 1 aromatic carbocycles. The second-order valence-electron chi connectivity index (χ2n) is 5.74. The zero-order chi connectivity index (χ0) is 14.6. The highest BCUT2D eigenvalue weighted by Crippen LogP contribution is 2.32. The molecule has 1 aliphatic carbocycles. The second kappa shape index (κ2) is 6.27. The number of carbonyl (C=O) groups is 1. The van der Waals surface area contributed by atoms with E-state index in [0.717, 1.165) is 25.7 Å². The van der Waals surface area contributed by atoms with Crippen molar-refractivity contribution in [2.45, 2.75) is 45.1 Å².